The van der Waals surface area contributed by atoms with Crippen LogP contribution in [0.3, 0.4) is 0 Å². The van der Waals surface area contributed by atoms with Crippen LogP contribution in [0.4, 0.5) is 0 Å². The molecule has 1 rings (SSSR count). The molecule has 1 amide bonds. The summed E-state index contributed by atoms with van der Waals surface area (Å²) >= 11 is 0. The largest absolute Gasteiger partial charge is 0.507 e. The molecule has 0 radical (unpaired) electrons. The number of hydrogen-bond acceptors (Lipinski definition) is 2. The van der Waals surface area contributed by atoms with Crippen molar-refractivity contribution < 1.29 is 9.90 Å². The molecule has 128 valence electrons. The molecule has 1 aromatic rings. The van der Waals surface area contributed by atoms with E-state index < -0.39 is 5.91 Å². The smallest absolute Gasteiger partial charge is 0.241 e. The van der Waals surface area contributed by atoms with E-state index in [4.69, 9.17) is 5.73 Å². The van der Waals surface area contributed by atoms with Gasteiger partial charge in [-0.1, -0.05) is 48.0 Å². The lowest BCUT2D eigenvalue weighted by Gasteiger charge is -2.31. The third-order valence-corrected chi connectivity index (χ3v) is 4.79. The third kappa shape index (κ3) is 4.60. The second-order valence-corrected chi connectivity index (χ2v) is 7.57. The molecule has 0 aliphatic rings. The number of rotatable bonds is 7. The molecule has 0 aliphatic heterocycles. The number of carbonyl (C=O) groups is 1. The van der Waals surface area contributed by atoms with E-state index in [1.165, 1.54) is 6.08 Å². The fraction of sp³-hybridized carbons (Fsp3) is 0.550. The van der Waals surface area contributed by atoms with Gasteiger partial charge in [0, 0.05) is 17.2 Å². The SMILES string of the molecule is CCCC(C)(C)c1cc(C=CC(N)=O)cc(C(C)(C)CC)c1O. The van der Waals surface area contributed by atoms with Gasteiger partial charge < -0.3 is 10.8 Å². The summed E-state index contributed by atoms with van der Waals surface area (Å²) in [4.78, 5) is 11.0. The van der Waals surface area contributed by atoms with Crippen LogP contribution < -0.4 is 5.73 Å². The standard InChI is InChI=1S/C20H31NO2/c1-7-11-20(5,6)16-13-14(9-10-17(21)22)12-15(18(16)23)19(3,4)8-2/h9-10,12-13,23H,7-8,11H2,1-6H3,(H2,21,22). The second kappa shape index (κ2) is 7.20. The van der Waals surface area contributed by atoms with Crippen LogP contribution in [0.2, 0.25) is 0 Å². The summed E-state index contributed by atoms with van der Waals surface area (Å²) in [6, 6.07) is 3.93. The van der Waals surface area contributed by atoms with Crippen molar-refractivity contribution in [2.75, 3.05) is 0 Å². The highest BCUT2D eigenvalue weighted by Crippen LogP contribution is 2.43. The lowest BCUT2D eigenvalue weighted by Crippen LogP contribution is -2.21. The van der Waals surface area contributed by atoms with E-state index in [0.717, 1.165) is 36.0 Å². The Kier molecular flexibility index (Phi) is 6.04. The van der Waals surface area contributed by atoms with Gasteiger partial charge in [-0.25, -0.2) is 0 Å². The zero-order valence-corrected chi connectivity index (χ0v) is 15.4. The van der Waals surface area contributed by atoms with Crippen LogP contribution in [0, 0.1) is 0 Å². The van der Waals surface area contributed by atoms with Crippen LogP contribution in [0.1, 0.15) is 77.5 Å². The molecule has 23 heavy (non-hydrogen) atoms. The Balaban J connectivity index is 3.59. The van der Waals surface area contributed by atoms with Gasteiger partial charge >= 0.3 is 0 Å². The Labute approximate surface area is 140 Å². The van der Waals surface area contributed by atoms with Crippen molar-refractivity contribution in [3.63, 3.8) is 0 Å². The Morgan fingerprint density at radius 1 is 1.13 bits per heavy atom. The Morgan fingerprint density at radius 2 is 1.65 bits per heavy atom. The number of aromatic hydroxyl groups is 1. The number of benzene rings is 1. The van der Waals surface area contributed by atoms with Crippen molar-refractivity contribution >= 4 is 12.0 Å². The van der Waals surface area contributed by atoms with E-state index in [2.05, 4.69) is 41.5 Å². The van der Waals surface area contributed by atoms with Gasteiger partial charge in [0.05, 0.1) is 0 Å². The lowest BCUT2D eigenvalue weighted by molar-refractivity contribution is -0.113. The molecule has 0 saturated heterocycles. The first-order chi connectivity index (χ1) is 10.5. The number of phenolic OH excluding ortho intramolecular Hbond substituents is 1. The summed E-state index contributed by atoms with van der Waals surface area (Å²) in [6.45, 7) is 12.8. The van der Waals surface area contributed by atoms with E-state index >= 15 is 0 Å². The lowest BCUT2D eigenvalue weighted by atomic mass is 9.74. The van der Waals surface area contributed by atoms with Crippen molar-refractivity contribution in [2.24, 2.45) is 5.73 Å². The molecule has 0 saturated carbocycles. The molecular formula is C20H31NO2. The molecule has 3 N–H and O–H groups in total. The fourth-order valence-electron chi connectivity index (χ4n) is 2.91. The Morgan fingerprint density at radius 3 is 2.09 bits per heavy atom. The van der Waals surface area contributed by atoms with Crippen molar-refractivity contribution in [1.29, 1.82) is 0 Å². The zero-order valence-electron chi connectivity index (χ0n) is 15.4. The minimum absolute atomic E-state index is 0.131. The minimum atomic E-state index is -0.469. The first-order valence-electron chi connectivity index (χ1n) is 8.40. The molecular weight excluding hydrogens is 286 g/mol. The summed E-state index contributed by atoms with van der Waals surface area (Å²) in [5.41, 5.74) is 7.70. The van der Waals surface area contributed by atoms with Crippen LogP contribution in [-0.2, 0) is 15.6 Å². The average molecular weight is 317 g/mol. The van der Waals surface area contributed by atoms with Gasteiger partial charge in [0.25, 0.3) is 0 Å². The molecule has 0 aliphatic carbocycles. The molecule has 0 bridgehead atoms. The van der Waals surface area contributed by atoms with Gasteiger partial charge in [-0.15, -0.1) is 0 Å². The molecule has 0 heterocycles. The maximum absolute atomic E-state index is 11.0. The number of nitrogens with two attached hydrogens (primary N) is 1. The first-order valence-corrected chi connectivity index (χ1v) is 8.40. The fourth-order valence-corrected chi connectivity index (χ4v) is 2.91. The first kappa shape index (κ1) is 19.3. The van der Waals surface area contributed by atoms with Crippen LogP contribution in [0.5, 0.6) is 5.75 Å². The molecule has 1 aromatic carbocycles. The van der Waals surface area contributed by atoms with Crippen LogP contribution in [-0.4, -0.2) is 11.0 Å². The summed E-state index contributed by atoms with van der Waals surface area (Å²) < 4.78 is 0. The van der Waals surface area contributed by atoms with Crippen LogP contribution in [0.15, 0.2) is 18.2 Å². The Bertz CT molecular complexity index is 598. The monoisotopic (exact) mass is 317 g/mol. The highest BCUT2D eigenvalue weighted by molar-refractivity contribution is 5.90. The number of hydrogen-bond donors (Lipinski definition) is 2. The highest BCUT2D eigenvalue weighted by Gasteiger charge is 2.29. The molecule has 0 aromatic heterocycles. The number of primary amides is 1. The molecule has 0 fully saturated rings. The minimum Gasteiger partial charge on any atom is -0.507 e. The number of phenols is 1. The van der Waals surface area contributed by atoms with Crippen molar-refractivity contribution in [3.05, 3.63) is 34.9 Å². The average Bonchev–Trinajstić information content (AvgIpc) is 2.45. The molecule has 3 nitrogen and oxygen atoms in total. The van der Waals surface area contributed by atoms with E-state index in [-0.39, 0.29) is 10.8 Å². The van der Waals surface area contributed by atoms with Crippen molar-refractivity contribution in [2.45, 2.75) is 71.6 Å². The predicted molar refractivity (Wildman–Crippen MR) is 97.6 cm³/mol. The van der Waals surface area contributed by atoms with E-state index in [1.807, 2.05) is 12.1 Å². The van der Waals surface area contributed by atoms with Gasteiger partial charge in [-0.3, -0.25) is 4.79 Å². The number of amides is 1. The van der Waals surface area contributed by atoms with Gasteiger partial charge in [0.1, 0.15) is 5.75 Å². The van der Waals surface area contributed by atoms with E-state index in [9.17, 15) is 9.90 Å². The van der Waals surface area contributed by atoms with Crippen LogP contribution >= 0.6 is 0 Å². The second-order valence-electron chi connectivity index (χ2n) is 7.57. The van der Waals surface area contributed by atoms with Crippen molar-refractivity contribution in [3.8, 4) is 5.75 Å². The normalized spacial score (nSPS) is 12.8. The van der Waals surface area contributed by atoms with Gasteiger partial charge in [-0.05, 0) is 47.4 Å². The predicted octanol–water partition coefficient (Wildman–Crippen LogP) is 4.66. The quantitative estimate of drug-likeness (QED) is 0.719. The highest BCUT2D eigenvalue weighted by atomic mass is 16.3. The summed E-state index contributed by atoms with van der Waals surface area (Å²) in [5.74, 6) is -0.0877. The summed E-state index contributed by atoms with van der Waals surface area (Å²) in [5, 5.41) is 10.9. The zero-order chi connectivity index (χ0) is 17.8. The summed E-state index contributed by atoms with van der Waals surface area (Å²) in [7, 11) is 0. The van der Waals surface area contributed by atoms with Gasteiger partial charge in [-0.2, -0.15) is 0 Å². The number of carbonyl (C=O) groups excluding carboxylic acids is 1. The topological polar surface area (TPSA) is 63.3 Å². The molecule has 0 atom stereocenters. The van der Waals surface area contributed by atoms with Crippen molar-refractivity contribution in [1.82, 2.24) is 0 Å². The maximum atomic E-state index is 11.0. The van der Waals surface area contributed by atoms with Gasteiger partial charge in [0.15, 0.2) is 0 Å². The molecule has 0 unspecified atom stereocenters. The molecule has 3 heteroatoms. The van der Waals surface area contributed by atoms with E-state index in [0.29, 0.717) is 5.75 Å². The Hall–Kier alpha value is -1.77. The third-order valence-electron chi connectivity index (χ3n) is 4.79. The maximum Gasteiger partial charge on any atom is 0.241 e. The molecule has 0 spiro atoms. The van der Waals surface area contributed by atoms with Crippen LogP contribution in [0.25, 0.3) is 6.08 Å². The van der Waals surface area contributed by atoms with E-state index in [1.54, 1.807) is 6.08 Å². The summed E-state index contributed by atoms with van der Waals surface area (Å²) in [6.07, 6.45) is 6.03. The van der Waals surface area contributed by atoms with Gasteiger partial charge in [0.2, 0.25) is 5.91 Å².